The SMILES string of the molecule is CCCCCCCC(C)CCc1ccccc1S(=O)(=O)O. The molecule has 0 fully saturated rings. The van der Waals surface area contributed by atoms with Crippen molar-refractivity contribution in [1.82, 2.24) is 0 Å². The van der Waals surface area contributed by atoms with Gasteiger partial charge in [-0.05, 0) is 30.4 Å². The minimum atomic E-state index is -4.11. The van der Waals surface area contributed by atoms with Crippen molar-refractivity contribution in [3.63, 3.8) is 0 Å². The molecule has 0 radical (unpaired) electrons. The van der Waals surface area contributed by atoms with Crippen LogP contribution in [-0.4, -0.2) is 13.0 Å². The van der Waals surface area contributed by atoms with Gasteiger partial charge in [-0.3, -0.25) is 4.55 Å². The standard InChI is InChI=1S/C17H28O3S/c1-3-4-5-6-7-10-15(2)13-14-16-11-8-9-12-17(16)21(18,19)20/h8-9,11-12,15H,3-7,10,13-14H2,1-2H3,(H,18,19,20). The van der Waals surface area contributed by atoms with E-state index in [0.29, 0.717) is 12.3 Å². The lowest BCUT2D eigenvalue weighted by Crippen LogP contribution is -2.05. The third-order valence-electron chi connectivity index (χ3n) is 3.96. The first-order valence-electron chi connectivity index (χ1n) is 8.00. The van der Waals surface area contributed by atoms with E-state index >= 15 is 0 Å². The molecule has 1 atom stereocenters. The number of benzene rings is 1. The Morgan fingerprint density at radius 2 is 1.71 bits per heavy atom. The van der Waals surface area contributed by atoms with E-state index in [-0.39, 0.29) is 4.90 Å². The largest absolute Gasteiger partial charge is 0.294 e. The average Bonchev–Trinajstić information content (AvgIpc) is 2.44. The third-order valence-corrected chi connectivity index (χ3v) is 4.91. The minimum absolute atomic E-state index is 0.0557. The first kappa shape index (κ1) is 18.2. The summed E-state index contributed by atoms with van der Waals surface area (Å²) >= 11 is 0. The van der Waals surface area contributed by atoms with E-state index in [1.165, 1.54) is 44.6 Å². The van der Waals surface area contributed by atoms with E-state index in [1.54, 1.807) is 12.1 Å². The number of hydrogen-bond donors (Lipinski definition) is 1. The second-order valence-electron chi connectivity index (χ2n) is 5.93. The molecule has 0 aliphatic heterocycles. The molecule has 0 bridgehead atoms. The van der Waals surface area contributed by atoms with Gasteiger partial charge in [-0.1, -0.05) is 70.6 Å². The molecule has 1 N–H and O–H groups in total. The number of unbranched alkanes of at least 4 members (excludes halogenated alkanes) is 4. The van der Waals surface area contributed by atoms with E-state index in [1.807, 2.05) is 6.07 Å². The molecule has 21 heavy (non-hydrogen) atoms. The molecule has 120 valence electrons. The van der Waals surface area contributed by atoms with Gasteiger partial charge in [0.05, 0.1) is 4.90 Å². The van der Waals surface area contributed by atoms with Gasteiger partial charge >= 0.3 is 0 Å². The third kappa shape index (κ3) is 7.09. The number of rotatable bonds is 10. The Labute approximate surface area is 129 Å². The van der Waals surface area contributed by atoms with E-state index in [4.69, 9.17) is 0 Å². The Balaban J connectivity index is 2.42. The molecular formula is C17H28O3S. The topological polar surface area (TPSA) is 54.4 Å². The van der Waals surface area contributed by atoms with Crippen LogP contribution in [0.15, 0.2) is 29.2 Å². The summed E-state index contributed by atoms with van der Waals surface area (Å²) in [6, 6.07) is 6.72. The lowest BCUT2D eigenvalue weighted by atomic mass is 9.95. The van der Waals surface area contributed by atoms with Crippen LogP contribution < -0.4 is 0 Å². The van der Waals surface area contributed by atoms with Crippen LogP contribution in [0.2, 0.25) is 0 Å². The van der Waals surface area contributed by atoms with Crippen LogP contribution in [0, 0.1) is 5.92 Å². The summed E-state index contributed by atoms with van der Waals surface area (Å²) in [7, 11) is -4.11. The second kappa shape index (κ2) is 9.21. The van der Waals surface area contributed by atoms with Gasteiger partial charge in [0.15, 0.2) is 0 Å². The molecule has 0 saturated heterocycles. The van der Waals surface area contributed by atoms with Crippen LogP contribution >= 0.6 is 0 Å². The highest BCUT2D eigenvalue weighted by molar-refractivity contribution is 7.85. The van der Waals surface area contributed by atoms with Crippen LogP contribution in [0.3, 0.4) is 0 Å². The van der Waals surface area contributed by atoms with Crippen molar-refractivity contribution < 1.29 is 13.0 Å². The molecule has 0 amide bonds. The fourth-order valence-electron chi connectivity index (χ4n) is 2.60. The molecular weight excluding hydrogens is 284 g/mol. The van der Waals surface area contributed by atoms with E-state index in [9.17, 15) is 13.0 Å². The van der Waals surface area contributed by atoms with Gasteiger partial charge in [0.25, 0.3) is 10.1 Å². The van der Waals surface area contributed by atoms with Crippen molar-refractivity contribution >= 4 is 10.1 Å². The molecule has 1 aromatic rings. The first-order valence-corrected chi connectivity index (χ1v) is 9.44. The van der Waals surface area contributed by atoms with Crippen molar-refractivity contribution in [3.05, 3.63) is 29.8 Å². The van der Waals surface area contributed by atoms with Gasteiger partial charge in [0, 0.05) is 0 Å². The highest BCUT2D eigenvalue weighted by Crippen LogP contribution is 2.21. The summed E-state index contributed by atoms with van der Waals surface area (Å²) in [6.45, 7) is 4.44. The molecule has 1 rings (SSSR count). The molecule has 0 aromatic heterocycles. The van der Waals surface area contributed by atoms with Crippen molar-refractivity contribution in [2.75, 3.05) is 0 Å². The van der Waals surface area contributed by atoms with Gasteiger partial charge in [0.1, 0.15) is 0 Å². The zero-order valence-corrected chi connectivity index (χ0v) is 14.0. The summed E-state index contributed by atoms with van der Waals surface area (Å²) in [4.78, 5) is 0.0557. The van der Waals surface area contributed by atoms with E-state index in [0.717, 1.165) is 12.0 Å². The summed E-state index contributed by atoms with van der Waals surface area (Å²) in [6.07, 6.45) is 9.29. The van der Waals surface area contributed by atoms with E-state index < -0.39 is 10.1 Å². The Morgan fingerprint density at radius 1 is 1.05 bits per heavy atom. The number of aryl methyl sites for hydroxylation is 1. The molecule has 0 heterocycles. The van der Waals surface area contributed by atoms with Gasteiger partial charge in [-0.15, -0.1) is 0 Å². The maximum atomic E-state index is 11.3. The van der Waals surface area contributed by atoms with Crippen molar-refractivity contribution in [1.29, 1.82) is 0 Å². The molecule has 1 aromatic carbocycles. The van der Waals surface area contributed by atoms with Crippen LogP contribution in [0.1, 0.15) is 64.4 Å². The smallest absolute Gasteiger partial charge is 0.282 e. The zero-order valence-electron chi connectivity index (χ0n) is 13.2. The predicted molar refractivity (Wildman–Crippen MR) is 87.1 cm³/mol. The number of hydrogen-bond acceptors (Lipinski definition) is 2. The Bertz CT molecular complexity index is 509. The second-order valence-corrected chi connectivity index (χ2v) is 7.32. The minimum Gasteiger partial charge on any atom is -0.282 e. The fraction of sp³-hybridized carbons (Fsp3) is 0.647. The molecule has 4 heteroatoms. The van der Waals surface area contributed by atoms with Gasteiger partial charge in [0.2, 0.25) is 0 Å². The van der Waals surface area contributed by atoms with E-state index in [2.05, 4.69) is 13.8 Å². The monoisotopic (exact) mass is 312 g/mol. The maximum absolute atomic E-state index is 11.3. The summed E-state index contributed by atoms with van der Waals surface area (Å²) in [5.41, 5.74) is 0.720. The lowest BCUT2D eigenvalue weighted by Gasteiger charge is -2.12. The average molecular weight is 312 g/mol. The van der Waals surface area contributed by atoms with Gasteiger partial charge < -0.3 is 0 Å². The Hall–Kier alpha value is -0.870. The van der Waals surface area contributed by atoms with Crippen LogP contribution in [0.25, 0.3) is 0 Å². The fourth-order valence-corrected chi connectivity index (χ4v) is 3.36. The maximum Gasteiger partial charge on any atom is 0.294 e. The van der Waals surface area contributed by atoms with Crippen molar-refractivity contribution in [2.45, 2.75) is 70.1 Å². The predicted octanol–water partition coefficient (Wildman–Crippen LogP) is 4.86. The molecule has 0 spiro atoms. The van der Waals surface area contributed by atoms with Crippen LogP contribution in [0.5, 0.6) is 0 Å². The van der Waals surface area contributed by atoms with Gasteiger partial charge in [-0.2, -0.15) is 8.42 Å². The summed E-state index contributed by atoms with van der Waals surface area (Å²) in [5.74, 6) is 0.584. The van der Waals surface area contributed by atoms with Crippen LogP contribution in [-0.2, 0) is 16.5 Å². The molecule has 0 aliphatic rings. The quantitative estimate of drug-likeness (QED) is 0.495. The molecule has 1 unspecified atom stereocenters. The van der Waals surface area contributed by atoms with Crippen molar-refractivity contribution in [2.24, 2.45) is 5.92 Å². The normalized spacial score (nSPS) is 13.3. The summed E-state index contributed by atoms with van der Waals surface area (Å²) < 4.78 is 31.9. The Kier molecular flexibility index (Phi) is 7.97. The summed E-state index contributed by atoms with van der Waals surface area (Å²) in [5, 5.41) is 0. The molecule has 0 aliphatic carbocycles. The Morgan fingerprint density at radius 3 is 2.38 bits per heavy atom. The lowest BCUT2D eigenvalue weighted by molar-refractivity contribution is 0.454. The first-order chi connectivity index (χ1) is 9.95. The van der Waals surface area contributed by atoms with Crippen molar-refractivity contribution in [3.8, 4) is 0 Å². The molecule has 3 nitrogen and oxygen atoms in total. The highest BCUT2D eigenvalue weighted by Gasteiger charge is 2.15. The molecule has 0 saturated carbocycles. The van der Waals surface area contributed by atoms with Crippen LogP contribution in [0.4, 0.5) is 0 Å². The zero-order chi connectivity index (χ0) is 15.7. The van der Waals surface area contributed by atoms with Gasteiger partial charge in [-0.25, -0.2) is 0 Å². The highest BCUT2D eigenvalue weighted by atomic mass is 32.2.